The van der Waals surface area contributed by atoms with E-state index in [9.17, 15) is 9.59 Å². The van der Waals surface area contributed by atoms with Crippen LogP contribution in [0.2, 0.25) is 0 Å². The van der Waals surface area contributed by atoms with Gasteiger partial charge in [0.15, 0.2) is 0 Å². The molecule has 0 aliphatic rings. The first-order chi connectivity index (χ1) is 6.52. The zero-order valence-electron chi connectivity index (χ0n) is 7.86. The number of hydrogen-bond donors (Lipinski definition) is 2. The molecular formula is C9H12N2O3. The molecule has 0 aromatic carbocycles. The summed E-state index contributed by atoms with van der Waals surface area (Å²) in [6.45, 7) is 1.85. The van der Waals surface area contributed by atoms with Crippen LogP contribution in [-0.2, 0) is 11.3 Å². The van der Waals surface area contributed by atoms with E-state index in [0.29, 0.717) is 11.4 Å². The van der Waals surface area contributed by atoms with Gasteiger partial charge in [0, 0.05) is 18.3 Å². The number of carboxylic acids is 1. The fourth-order valence-electron chi connectivity index (χ4n) is 1.18. The quantitative estimate of drug-likeness (QED) is 0.723. The Hall–Kier alpha value is -1.78. The highest BCUT2D eigenvalue weighted by Gasteiger charge is 2.05. The van der Waals surface area contributed by atoms with E-state index in [0.717, 1.165) is 0 Å². The van der Waals surface area contributed by atoms with Gasteiger partial charge in [0.2, 0.25) is 0 Å². The second-order valence-corrected chi connectivity index (χ2v) is 3.01. The smallest absolute Gasteiger partial charge is 0.305 e. The summed E-state index contributed by atoms with van der Waals surface area (Å²) >= 11 is 0. The monoisotopic (exact) mass is 196 g/mol. The highest BCUT2D eigenvalue weighted by atomic mass is 16.4. The minimum atomic E-state index is -0.932. The number of carboxylic acid groups (broad SMARTS) is 1. The van der Waals surface area contributed by atoms with Crippen LogP contribution in [0.1, 0.15) is 12.1 Å². The topological polar surface area (TPSA) is 85.3 Å². The largest absolute Gasteiger partial charge is 0.481 e. The van der Waals surface area contributed by atoms with E-state index in [1.165, 1.54) is 16.7 Å². The zero-order chi connectivity index (χ0) is 10.7. The fourth-order valence-corrected chi connectivity index (χ4v) is 1.18. The van der Waals surface area contributed by atoms with Gasteiger partial charge >= 0.3 is 5.97 Å². The summed E-state index contributed by atoms with van der Waals surface area (Å²) in [4.78, 5) is 21.7. The number of nitrogen functional groups attached to an aromatic ring is 1. The van der Waals surface area contributed by atoms with Gasteiger partial charge in [0.25, 0.3) is 5.56 Å². The molecule has 0 amide bonds. The first-order valence-electron chi connectivity index (χ1n) is 4.20. The predicted octanol–water partition coefficient (Wildman–Crippen LogP) is 0.214. The van der Waals surface area contributed by atoms with Crippen LogP contribution in [0.5, 0.6) is 0 Å². The van der Waals surface area contributed by atoms with E-state index in [1.54, 1.807) is 6.92 Å². The molecule has 1 aromatic heterocycles. The van der Waals surface area contributed by atoms with E-state index in [2.05, 4.69) is 0 Å². The molecule has 0 saturated carbocycles. The molecule has 0 aliphatic heterocycles. The van der Waals surface area contributed by atoms with Crippen LogP contribution in [0, 0.1) is 6.92 Å². The molecule has 14 heavy (non-hydrogen) atoms. The second kappa shape index (κ2) is 3.95. The number of pyridine rings is 1. The van der Waals surface area contributed by atoms with Gasteiger partial charge in [-0.2, -0.15) is 0 Å². The molecule has 5 nitrogen and oxygen atoms in total. The summed E-state index contributed by atoms with van der Waals surface area (Å²) in [6.07, 6.45) is -0.0792. The SMILES string of the molecule is Cc1c(N)ccc(=O)n1CCC(=O)O. The molecule has 0 bridgehead atoms. The van der Waals surface area contributed by atoms with E-state index < -0.39 is 5.97 Å². The van der Waals surface area contributed by atoms with Gasteiger partial charge < -0.3 is 15.4 Å². The van der Waals surface area contributed by atoms with Crippen molar-refractivity contribution in [2.45, 2.75) is 19.9 Å². The Morgan fingerprint density at radius 1 is 1.57 bits per heavy atom. The number of aliphatic carboxylic acids is 1. The Morgan fingerprint density at radius 3 is 2.79 bits per heavy atom. The lowest BCUT2D eigenvalue weighted by Crippen LogP contribution is -2.23. The Bertz CT molecular complexity index is 409. The van der Waals surface area contributed by atoms with Gasteiger partial charge in [0.05, 0.1) is 12.1 Å². The average molecular weight is 196 g/mol. The number of nitrogens with two attached hydrogens (primary N) is 1. The number of anilines is 1. The standard InChI is InChI=1S/C9H12N2O3/c1-6-7(10)2-3-8(12)11(6)5-4-9(13)14/h2-3H,4-5,10H2,1H3,(H,13,14). The minimum Gasteiger partial charge on any atom is -0.481 e. The summed E-state index contributed by atoms with van der Waals surface area (Å²) in [7, 11) is 0. The predicted molar refractivity (Wildman–Crippen MR) is 52.1 cm³/mol. The van der Waals surface area contributed by atoms with Gasteiger partial charge in [0.1, 0.15) is 0 Å². The average Bonchev–Trinajstić information content (AvgIpc) is 2.11. The van der Waals surface area contributed by atoms with Crippen molar-refractivity contribution in [1.29, 1.82) is 0 Å². The lowest BCUT2D eigenvalue weighted by atomic mass is 10.3. The Labute approximate surface area is 80.8 Å². The highest BCUT2D eigenvalue weighted by molar-refractivity contribution is 5.66. The van der Waals surface area contributed by atoms with Crippen molar-refractivity contribution in [1.82, 2.24) is 4.57 Å². The molecule has 1 aromatic rings. The van der Waals surface area contributed by atoms with Crippen LogP contribution >= 0.6 is 0 Å². The summed E-state index contributed by atoms with van der Waals surface area (Å²) in [5.74, 6) is -0.932. The molecular weight excluding hydrogens is 184 g/mol. The van der Waals surface area contributed by atoms with Crippen LogP contribution in [0.15, 0.2) is 16.9 Å². The first-order valence-corrected chi connectivity index (χ1v) is 4.20. The van der Waals surface area contributed by atoms with E-state index in [-0.39, 0.29) is 18.5 Å². The van der Waals surface area contributed by atoms with Crippen molar-refractivity contribution < 1.29 is 9.90 Å². The van der Waals surface area contributed by atoms with Crippen LogP contribution in [0.4, 0.5) is 5.69 Å². The molecule has 0 unspecified atom stereocenters. The van der Waals surface area contributed by atoms with E-state index in [1.807, 2.05) is 0 Å². The number of carbonyl (C=O) groups is 1. The normalized spacial score (nSPS) is 10.1. The van der Waals surface area contributed by atoms with Crippen molar-refractivity contribution in [3.8, 4) is 0 Å². The molecule has 76 valence electrons. The van der Waals surface area contributed by atoms with Crippen molar-refractivity contribution in [2.75, 3.05) is 5.73 Å². The molecule has 0 aliphatic carbocycles. The van der Waals surface area contributed by atoms with Crippen molar-refractivity contribution in [3.63, 3.8) is 0 Å². The third kappa shape index (κ3) is 2.12. The third-order valence-electron chi connectivity index (χ3n) is 2.04. The minimum absolute atomic E-state index is 0.0792. The number of aromatic nitrogens is 1. The molecule has 1 rings (SSSR count). The van der Waals surface area contributed by atoms with Crippen LogP contribution in [-0.4, -0.2) is 15.6 Å². The highest BCUT2D eigenvalue weighted by Crippen LogP contribution is 2.06. The van der Waals surface area contributed by atoms with Crippen molar-refractivity contribution >= 4 is 11.7 Å². The van der Waals surface area contributed by atoms with Crippen LogP contribution in [0.25, 0.3) is 0 Å². The zero-order valence-corrected chi connectivity index (χ0v) is 7.86. The molecule has 0 saturated heterocycles. The van der Waals surface area contributed by atoms with Crippen LogP contribution in [0.3, 0.4) is 0 Å². The maximum absolute atomic E-state index is 11.3. The van der Waals surface area contributed by atoms with E-state index >= 15 is 0 Å². The third-order valence-corrected chi connectivity index (χ3v) is 2.04. The Morgan fingerprint density at radius 2 is 2.21 bits per heavy atom. The second-order valence-electron chi connectivity index (χ2n) is 3.01. The summed E-state index contributed by atoms with van der Waals surface area (Å²) < 4.78 is 1.36. The lowest BCUT2D eigenvalue weighted by molar-refractivity contribution is -0.137. The molecule has 0 spiro atoms. The van der Waals surface area contributed by atoms with Crippen LogP contribution < -0.4 is 11.3 Å². The molecule has 0 radical (unpaired) electrons. The van der Waals surface area contributed by atoms with Gasteiger partial charge in [-0.25, -0.2) is 0 Å². The van der Waals surface area contributed by atoms with Gasteiger partial charge in [-0.15, -0.1) is 0 Å². The van der Waals surface area contributed by atoms with Crippen molar-refractivity contribution in [3.05, 3.63) is 28.2 Å². The molecule has 0 fully saturated rings. The summed E-state index contributed by atoms with van der Waals surface area (Å²) in [5.41, 5.74) is 6.47. The molecule has 0 atom stereocenters. The van der Waals surface area contributed by atoms with Gasteiger partial charge in [-0.3, -0.25) is 9.59 Å². The summed E-state index contributed by atoms with van der Waals surface area (Å²) in [5, 5.41) is 8.48. The fraction of sp³-hybridized carbons (Fsp3) is 0.333. The number of nitrogens with zero attached hydrogens (tertiary/aromatic N) is 1. The molecule has 3 N–H and O–H groups in total. The Balaban J connectivity index is 3.01. The van der Waals surface area contributed by atoms with E-state index in [4.69, 9.17) is 10.8 Å². The maximum Gasteiger partial charge on any atom is 0.305 e. The Kier molecular flexibility index (Phi) is 2.91. The molecule has 5 heteroatoms. The number of rotatable bonds is 3. The number of hydrogen-bond acceptors (Lipinski definition) is 3. The van der Waals surface area contributed by atoms with Gasteiger partial charge in [-0.1, -0.05) is 0 Å². The van der Waals surface area contributed by atoms with Crippen molar-refractivity contribution in [2.24, 2.45) is 0 Å². The first kappa shape index (κ1) is 10.3. The maximum atomic E-state index is 11.3. The van der Waals surface area contributed by atoms with Gasteiger partial charge in [-0.05, 0) is 13.0 Å². The summed E-state index contributed by atoms with van der Waals surface area (Å²) in [6, 6.07) is 2.86. The lowest BCUT2D eigenvalue weighted by Gasteiger charge is -2.09. The molecule has 1 heterocycles.